The van der Waals surface area contributed by atoms with Crippen LogP contribution < -0.4 is 5.32 Å². The molecular weight excluding hydrogens is 304 g/mol. The van der Waals surface area contributed by atoms with Gasteiger partial charge in [-0.05, 0) is 17.5 Å². The molecule has 1 N–H and O–H groups in total. The third-order valence-electron chi connectivity index (χ3n) is 3.01. The number of hydrogen-bond acceptors (Lipinski definition) is 2. The maximum Gasteiger partial charge on any atom is 0.234 e. The Hall–Kier alpha value is -1.42. The summed E-state index contributed by atoms with van der Waals surface area (Å²) in [5.74, 6) is 0.286. The third kappa shape index (κ3) is 3.32. The van der Waals surface area contributed by atoms with Gasteiger partial charge >= 0.3 is 0 Å². The van der Waals surface area contributed by atoms with Crippen molar-refractivity contribution in [3.05, 3.63) is 42.1 Å². The van der Waals surface area contributed by atoms with E-state index < -0.39 is 0 Å². The predicted molar refractivity (Wildman–Crippen MR) is 81.1 cm³/mol. The van der Waals surface area contributed by atoms with Crippen LogP contribution >= 0.6 is 15.9 Å². The first-order valence-corrected chi connectivity index (χ1v) is 7.25. The molecule has 0 spiro atoms. The van der Waals surface area contributed by atoms with Gasteiger partial charge < -0.3 is 5.32 Å². The van der Waals surface area contributed by atoms with E-state index in [0.717, 1.165) is 16.5 Å². The van der Waals surface area contributed by atoms with Crippen molar-refractivity contribution in [2.75, 3.05) is 0 Å². The minimum Gasteiger partial charge on any atom is -0.351 e. The number of pyridine rings is 1. The highest BCUT2D eigenvalue weighted by Crippen LogP contribution is 2.16. The molecule has 1 aromatic carbocycles. The average Bonchev–Trinajstić information content (AvgIpc) is 2.43. The van der Waals surface area contributed by atoms with Crippen LogP contribution in [0.25, 0.3) is 10.9 Å². The smallest absolute Gasteiger partial charge is 0.234 e. The van der Waals surface area contributed by atoms with Gasteiger partial charge in [0.15, 0.2) is 0 Å². The second kappa shape index (κ2) is 6.15. The molecule has 1 atom stereocenters. The van der Waals surface area contributed by atoms with Crippen molar-refractivity contribution in [3.63, 3.8) is 0 Å². The Balaban J connectivity index is 2.12. The monoisotopic (exact) mass is 320 g/mol. The van der Waals surface area contributed by atoms with E-state index >= 15 is 0 Å². The fourth-order valence-corrected chi connectivity index (χ4v) is 2.05. The molecule has 0 bridgehead atoms. The Morgan fingerprint density at radius 3 is 2.79 bits per heavy atom. The highest BCUT2D eigenvalue weighted by Gasteiger charge is 2.18. The zero-order valence-electron chi connectivity index (χ0n) is 11.1. The Labute approximate surface area is 121 Å². The number of para-hydroxylation sites is 1. The summed E-state index contributed by atoms with van der Waals surface area (Å²) < 4.78 is 0. The molecular formula is C15H17BrN2O. The number of alkyl halides is 1. The summed E-state index contributed by atoms with van der Waals surface area (Å²) in [5.41, 5.74) is 1.98. The van der Waals surface area contributed by atoms with E-state index in [4.69, 9.17) is 0 Å². The topological polar surface area (TPSA) is 42.0 Å². The van der Waals surface area contributed by atoms with Crippen LogP contribution in [-0.2, 0) is 11.3 Å². The molecule has 19 heavy (non-hydrogen) atoms. The number of rotatable bonds is 4. The second-order valence-electron chi connectivity index (χ2n) is 4.86. The molecule has 0 aliphatic rings. The first-order valence-electron chi connectivity index (χ1n) is 6.34. The van der Waals surface area contributed by atoms with E-state index in [0.29, 0.717) is 6.54 Å². The van der Waals surface area contributed by atoms with Crippen molar-refractivity contribution >= 4 is 32.7 Å². The van der Waals surface area contributed by atoms with Gasteiger partial charge in [-0.2, -0.15) is 0 Å². The molecule has 100 valence electrons. The van der Waals surface area contributed by atoms with Crippen LogP contribution in [0.1, 0.15) is 19.4 Å². The van der Waals surface area contributed by atoms with Crippen LogP contribution in [-0.4, -0.2) is 15.7 Å². The predicted octanol–water partition coefficient (Wildman–Crippen LogP) is 3.27. The maximum atomic E-state index is 11.9. The molecule has 0 aliphatic carbocycles. The largest absolute Gasteiger partial charge is 0.351 e. The van der Waals surface area contributed by atoms with Gasteiger partial charge in [-0.3, -0.25) is 9.78 Å². The van der Waals surface area contributed by atoms with Gasteiger partial charge in [-0.1, -0.05) is 54.0 Å². The summed E-state index contributed by atoms with van der Waals surface area (Å²) >= 11 is 3.40. The van der Waals surface area contributed by atoms with Gasteiger partial charge in [0.25, 0.3) is 0 Å². The molecule has 0 aliphatic heterocycles. The van der Waals surface area contributed by atoms with E-state index in [9.17, 15) is 4.79 Å². The van der Waals surface area contributed by atoms with Crippen molar-refractivity contribution in [2.24, 2.45) is 5.92 Å². The maximum absolute atomic E-state index is 11.9. The van der Waals surface area contributed by atoms with Gasteiger partial charge in [0.1, 0.15) is 0 Å². The number of nitrogens with one attached hydrogen (secondary N) is 1. The van der Waals surface area contributed by atoms with Crippen molar-refractivity contribution in [3.8, 4) is 0 Å². The van der Waals surface area contributed by atoms with Gasteiger partial charge in [0.2, 0.25) is 5.91 Å². The molecule has 4 heteroatoms. The average molecular weight is 321 g/mol. The molecule has 1 heterocycles. The van der Waals surface area contributed by atoms with E-state index in [1.54, 1.807) is 6.20 Å². The van der Waals surface area contributed by atoms with Crippen LogP contribution in [0, 0.1) is 5.92 Å². The standard InChI is InChI=1S/C15H17BrN2O/c1-10(2)13(16)15(19)18-9-12-6-3-5-11-7-4-8-17-14(11)12/h3-8,10,13H,9H2,1-2H3,(H,18,19). The summed E-state index contributed by atoms with van der Waals surface area (Å²) in [5, 5.41) is 4.04. The minimum absolute atomic E-state index is 0.0166. The van der Waals surface area contributed by atoms with Crippen LogP contribution in [0.15, 0.2) is 36.5 Å². The highest BCUT2D eigenvalue weighted by molar-refractivity contribution is 9.10. The Morgan fingerprint density at radius 2 is 2.05 bits per heavy atom. The van der Waals surface area contributed by atoms with E-state index in [1.165, 1.54) is 0 Å². The van der Waals surface area contributed by atoms with Gasteiger partial charge in [-0.25, -0.2) is 0 Å². The number of halogens is 1. The quantitative estimate of drug-likeness (QED) is 0.878. The summed E-state index contributed by atoms with van der Waals surface area (Å²) in [6.07, 6.45) is 1.77. The van der Waals surface area contributed by atoms with Crippen molar-refractivity contribution < 1.29 is 4.79 Å². The summed E-state index contributed by atoms with van der Waals surface area (Å²) in [4.78, 5) is 16.1. The fourth-order valence-electron chi connectivity index (χ4n) is 1.89. The highest BCUT2D eigenvalue weighted by atomic mass is 79.9. The van der Waals surface area contributed by atoms with Gasteiger partial charge in [0, 0.05) is 18.1 Å². The van der Waals surface area contributed by atoms with Crippen molar-refractivity contribution in [1.29, 1.82) is 0 Å². The van der Waals surface area contributed by atoms with E-state index in [-0.39, 0.29) is 16.7 Å². The number of fused-ring (bicyclic) bond motifs is 1. The molecule has 0 fully saturated rings. The second-order valence-corrected chi connectivity index (χ2v) is 5.84. The third-order valence-corrected chi connectivity index (χ3v) is 4.48. The number of nitrogens with zero attached hydrogens (tertiary/aromatic N) is 1. The molecule has 0 saturated carbocycles. The van der Waals surface area contributed by atoms with Crippen molar-refractivity contribution in [1.82, 2.24) is 10.3 Å². The Bertz CT molecular complexity index is 578. The number of hydrogen-bond donors (Lipinski definition) is 1. The van der Waals surface area contributed by atoms with Gasteiger partial charge in [0.05, 0.1) is 10.3 Å². The van der Waals surface area contributed by atoms with Crippen LogP contribution in [0.4, 0.5) is 0 Å². The molecule has 0 radical (unpaired) electrons. The normalized spacial score (nSPS) is 12.6. The van der Waals surface area contributed by atoms with Crippen LogP contribution in [0.5, 0.6) is 0 Å². The van der Waals surface area contributed by atoms with Crippen LogP contribution in [0.3, 0.4) is 0 Å². The zero-order chi connectivity index (χ0) is 13.8. The van der Waals surface area contributed by atoms with Gasteiger partial charge in [-0.15, -0.1) is 0 Å². The SMILES string of the molecule is CC(C)C(Br)C(=O)NCc1cccc2cccnc12. The molecule has 2 aromatic rings. The zero-order valence-corrected chi connectivity index (χ0v) is 12.6. The van der Waals surface area contributed by atoms with E-state index in [2.05, 4.69) is 26.2 Å². The first-order chi connectivity index (χ1) is 9.09. The summed E-state index contributed by atoms with van der Waals surface area (Å²) in [7, 11) is 0. The lowest BCUT2D eigenvalue weighted by Crippen LogP contribution is -2.33. The Morgan fingerprint density at radius 1 is 1.32 bits per heavy atom. The summed E-state index contributed by atoms with van der Waals surface area (Å²) in [6.45, 7) is 4.53. The molecule has 1 unspecified atom stereocenters. The fraction of sp³-hybridized carbons (Fsp3) is 0.333. The lowest BCUT2D eigenvalue weighted by molar-refractivity contribution is -0.121. The lowest BCUT2D eigenvalue weighted by Gasteiger charge is -2.14. The molecule has 3 nitrogen and oxygen atoms in total. The molecule has 2 rings (SSSR count). The first kappa shape index (κ1) is 14.0. The summed E-state index contributed by atoms with van der Waals surface area (Å²) in [6, 6.07) is 9.94. The number of carbonyl (C=O) groups is 1. The number of benzene rings is 1. The lowest BCUT2D eigenvalue weighted by atomic mass is 10.1. The van der Waals surface area contributed by atoms with Crippen LogP contribution in [0.2, 0.25) is 0 Å². The van der Waals surface area contributed by atoms with Crippen molar-refractivity contribution in [2.45, 2.75) is 25.2 Å². The number of carbonyl (C=O) groups excluding carboxylic acids is 1. The van der Waals surface area contributed by atoms with E-state index in [1.807, 2.05) is 44.2 Å². The number of aromatic nitrogens is 1. The number of amides is 1. The molecule has 0 saturated heterocycles. The minimum atomic E-state index is -0.157. The molecule has 1 amide bonds. The molecule has 1 aromatic heterocycles. The Kier molecular flexibility index (Phi) is 4.53.